The third-order valence-electron chi connectivity index (χ3n) is 4.46. The van der Waals surface area contributed by atoms with Gasteiger partial charge in [0.1, 0.15) is 5.75 Å². The highest BCUT2D eigenvalue weighted by Gasteiger charge is 2.28. The van der Waals surface area contributed by atoms with Gasteiger partial charge in [-0.2, -0.15) is 13.2 Å². The lowest BCUT2D eigenvalue weighted by Crippen LogP contribution is -2.52. The van der Waals surface area contributed by atoms with Crippen molar-refractivity contribution in [3.05, 3.63) is 24.3 Å². The molecule has 1 saturated heterocycles. The molecule has 1 fully saturated rings. The van der Waals surface area contributed by atoms with Crippen LogP contribution in [0.15, 0.2) is 29.3 Å². The molecule has 0 saturated carbocycles. The number of guanidine groups is 1. The highest BCUT2D eigenvalue weighted by molar-refractivity contribution is 5.80. The summed E-state index contributed by atoms with van der Waals surface area (Å²) >= 11 is 0. The number of hydrogen-bond acceptors (Lipinski definition) is 4. The average molecular weight is 387 g/mol. The summed E-state index contributed by atoms with van der Waals surface area (Å²) in [6, 6.07) is 7.28. The van der Waals surface area contributed by atoms with Crippen molar-refractivity contribution in [3.8, 4) is 5.75 Å². The number of piperazine rings is 1. The molecular formula is C18H28F3N5O. The fourth-order valence-corrected chi connectivity index (χ4v) is 3.16. The Balaban J connectivity index is 1.73. The summed E-state index contributed by atoms with van der Waals surface area (Å²) in [6.07, 6.45) is -3.56. The second kappa shape index (κ2) is 9.68. The minimum atomic E-state index is -4.16. The molecule has 0 spiro atoms. The smallest absolute Gasteiger partial charge is 0.401 e. The highest BCUT2D eigenvalue weighted by Crippen LogP contribution is 2.27. The number of halogens is 3. The van der Waals surface area contributed by atoms with Crippen LogP contribution in [-0.4, -0.2) is 87.0 Å². The minimum absolute atomic E-state index is 0.274. The van der Waals surface area contributed by atoms with E-state index in [1.807, 2.05) is 12.1 Å². The Morgan fingerprint density at radius 1 is 1.22 bits per heavy atom. The summed E-state index contributed by atoms with van der Waals surface area (Å²) in [7, 11) is 3.17. The van der Waals surface area contributed by atoms with Gasteiger partial charge in [-0.3, -0.25) is 9.89 Å². The predicted octanol–water partition coefficient (Wildman–Crippen LogP) is 1.97. The topological polar surface area (TPSA) is 54.3 Å². The third-order valence-corrected chi connectivity index (χ3v) is 4.46. The molecule has 0 atom stereocenters. The molecule has 1 aliphatic rings. The number of phenolic OH excluding ortho intramolecular Hbond substituents is 1. The molecule has 0 aliphatic carbocycles. The Kier molecular flexibility index (Phi) is 7.58. The van der Waals surface area contributed by atoms with E-state index in [-0.39, 0.29) is 5.75 Å². The first kappa shape index (κ1) is 21.1. The van der Waals surface area contributed by atoms with Crippen molar-refractivity contribution in [2.45, 2.75) is 12.6 Å². The van der Waals surface area contributed by atoms with Crippen LogP contribution in [0.5, 0.6) is 5.75 Å². The average Bonchev–Trinajstić information content (AvgIpc) is 2.61. The zero-order chi connectivity index (χ0) is 19.9. The third kappa shape index (κ3) is 6.82. The van der Waals surface area contributed by atoms with Gasteiger partial charge in [0.15, 0.2) is 5.96 Å². The Morgan fingerprint density at radius 3 is 2.48 bits per heavy atom. The van der Waals surface area contributed by atoms with E-state index in [2.05, 4.69) is 20.1 Å². The van der Waals surface area contributed by atoms with Crippen LogP contribution in [0, 0.1) is 0 Å². The summed E-state index contributed by atoms with van der Waals surface area (Å²) in [4.78, 5) is 9.80. The lowest BCUT2D eigenvalue weighted by Gasteiger charge is -2.37. The molecule has 27 heavy (non-hydrogen) atoms. The number of para-hydroxylation sites is 2. The van der Waals surface area contributed by atoms with Crippen LogP contribution in [0.4, 0.5) is 18.9 Å². The maximum atomic E-state index is 12.3. The van der Waals surface area contributed by atoms with Gasteiger partial charge in [0.2, 0.25) is 0 Å². The molecule has 9 heteroatoms. The quantitative estimate of drug-likeness (QED) is 0.444. The van der Waals surface area contributed by atoms with Gasteiger partial charge in [-0.15, -0.1) is 0 Å². The van der Waals surface area contributed by atoms with Crippen molar-refractivity contribution < 1.29 is 18.3 Å². The van der Waals surface area contributed by atoms with Gasteiger partial charge in [0, 0.05) is 39.8 Å². The molecule has 0 amide bonds. The standard InChI is InChI=1S/C18H28F3N5O/c1-22-17(23-8-5-9-24(2)14-18(19,20)21)26-12-10-25(11-13-26)15-6-3-4-7-16(15)27/h3-4,6-7,27H,5,8-14H2,1-2H3,(H,22,23). The van der Waals surface area contributed by atoms with Crippen LogP contribution < -0.4 is 10.2 Å². The van der Waals surface area contributed by atoms with Gasteiger partial charge in [-0.05, 0) is 32.1 Å². The normalized spacial score (nSPS) is 16.1. The van der Waals surface area contributed by atoms with Crippen molar-refractivity contribution >= 4 is 11.6 Å². The Hall–Kier alpha value is -2.16. The van der Waals surface area contributed by atoms with Crippen LogP contribution in [0.1, 0.15) is 6.42 Å². The number of phenols is 1. The first-order valence-electron chi connectivity index (χ1n) is 9.04. The summed E-state index contributed by atoms with van der Waals surface area (Å²) in [5.41, 5.74) is 0.827. The SMILES string of the molecule is CN=C(NCCCN(C)CC(F)(F)F)N1CCN(c2ccccc2O)CC1. The molecule has 1 aliphatic heterocycles. The molecule has 2 rings (SSSR count). The van der Waals surface area contributed by atoms with Crippen LogP contribution in [0.2, 0.25) is 0 Å². The van der Waals surface area contributed by atoms with Gasteiger partial charge in [-0.1, -0.05) is 12.1 Å². The van der Waals surface area contributed by atoms with Crippen molar-refractivity contribution in [1.82, 2.24) is 15.1 Å². The maximum absolute atomic E-state index is 12.3. The number of aliphatic imine (C=N–C) groups is 1. The molecule has 0 bridgehead atoms. The van der Waals surface area contributed by atoms with E-state index in [4.69, 9.17) is 0 Å². The molecule has 6 nitrogen and oxygen atoms in total. The lowest BCUT2D eigenvalue weighted by atomic mass is 10.2. The Bertz CT molecular complexity index is 615. The predicted molar refractivity (Wildman–Crippen MR) is 101 cm³/mol. The van der Waals surface area contributed by atoms with Crippen molar-refractivity contribution in [1.29, 1.82) is 0 Å². The van der Waals surface area contributed by atoms with E-state index in [1.54, 1.807) is 19.2 Å². The summed E-state index contributed by atoms with van der Waals surface area (Å²) in [6.45, 7) is 3.05. The van der Waals surface area contributed by atoms with E-state index >= 15 is 0 Å². The van der Waals surface area contributed by atoms with Crippen molar-refractivity contribution in [2.24, 2.45) is 4.99 Å². The van der Waals surface area contributed by atoms with E-state index in [1.165, 1.54) is 11.9 Å². The van der Waals surface area contributed by atoms with Crippen LogP contribution in [0.3, 0.4) is 0 Å². The number of rotatable bonds is 6. The van der Waals surface area contributed by atoms with E-state index in [0.717, 1.165) is 37.8 Å². The Labute approximate surface area is 158 Å². The highest BCUT2D eigenvalue weighted by atomic mass is 19.4. The zero-order valence-corrected chi connectivity index (χ0v) is 15.8. The number of benzene rings is 1. The molecule has 0 aromatic heterocycles. The summed E-state index contributed by atoms with van der Waals surface area (Å²) in [5.74, 6) is 1.03. The van der Waals surface area contributed by atoms with Gasteiger partial charge in [0.05, 0.1) is 12.2 Å². The fraction of sp³-hybridized carbons (Fsp3) is 0.611. The van der Waals surface area contributed by atoms with Crippen molar-refractivity contribution in [3.63, 3.8) is 0 Å². The van der Waals surface area contributed by atoms with Gasteiger partial charge in [-0.25, -0.2) is 0 Å². The van der Waals surface area contributed by atoms with E-state index < -0.39 is 12.7 Å². The largest absolute Gasteiger partial charge is 0.506 e. The molecule has 2 N–H and O–H groups in total. The lowest BCUT2D eigenvalue weighted by molar-refractivity contribution is -0.143. The number of hydrogen-bond donors (Lipinski definition) is 2. The van der Waals surface area contributed by atoms with Crippen molar-refractivity contribution in [2.75, 3.05) is 64.8 Å². The minimum Gasteiger partial charge on any atom is -0.506 e. The summed E-state index contributed by atoms with van der Waals surface area (Å²) in [5, 5.41) is 13.2. The van der Waals surface area contributed by atoms with Gasteiger partial charge < -0.3 is 20.2 Å². The first-order valence-corrected chi connectivity index (χ1v) is 9.04. The van der Waals surface area contributed by atoms with Gasteiger partial charge >= 0.3 is 6.18 Å². The fourth-order valence-electron chi connectivity index (χ4n) is 3.16. The van der Waals surface area contributed by atoms with Crippen LogP contribution in [0.25, 0.3) is 0 Å². The number of nitrogens with one attached hydrogen (secondary N) is 1. The molecule has 0 unspecified atom stereocenters. The number of alkyl halides is 3. The molecular weight excluding hydrogens is 359 g/mol. The molecule has 1 heterocycles. The second-order valence-corrected chi connectivity index (χ2v) is 6.64. The first-order chi connectivity index (χ1) is 12.8. The number of nitrogens with zero attached hydrogens (tertiary/aromatic N) is 4. The Morgan fingerprint density at radius 2 is 1.89 bits per heavy atom. The molecule has 152 valence electrons. The monoisotopic (exact) mass is 387 g/mol. The van der Waals surface area contributed by atoms with Gasteiger partial charge in [0.25, 0.3) is 0 Å². The van der Waals surface area contributed by atoms with E-state index in [9.17, 15) is 18.3 Å². The zero-order valence-electron chi connectivity index (χ0n) is 15.8. The molecule has 1 aromatic carbocycles. The number of aromatic hydroxyl groups is 1. The van der Waals surface area contributed by atoms with E-state index in [0.29, 0.717) is 19.5 Å². The second-order valence-electron chi connectivity index (χ2n) is 6.64. The molecule has 0 radical (unpaired) electrons. The number of anilines is 1. The summed E-state index contributed by atoms with van der Waals surface area (Å²) < 4.78 is 37.0. The van der Waals surface area contributed by atoms with Crippen LogP contribution >= 0.6 is 0 Å². The molecule has 1 aromatic rings. The maximum Gasteiger partial charge on any atom is 0.401 e. The van der Waals surface area contributed by atoms with Crippen LogP contribution in [-0.2, 0) is 0 Å².